The fourth-order valence-electron chi connectivity index (χ4n) is 2.79. The van der Waals surface area contributed by atoms with Crippen molar-refractivity contribution in [3.8, 4) is 5.82 Å². The molecule has 8 nitrogen and oxygen atoms in total. The van der Waals surface area contributed by atoms with E-state index >= 15 is 0 Å². The van der Waals surface area contributed by atoms with Crippen LogP contribution in [0, 0.1) is 0 Å². The third-order valence-corrected chi connectivity index (χ3v) is 4.37. The monoisotopic (exact) mass is 473 g/mol. The Morgan fingerprint density at radius 3 is 2.06 bits per heavy atom. The van der Waals surface area contributed by atoms with Crippen molar-refractivity contribution in [2.75, 3.05) is 0 Å². The lowest BCUT2D eigenvalue weighted by atomic mass is 10.0. The van der Waals surface area contributed by atoms with E-state index in [1.807, 2.05) is 0 Å². The van der Waals surface area contributed by atoms with Gasteiger partial charge in [-0.25, -0.2) is 14.8 Å². The van der Waals surface area contributed by atoms with Crippen LogP contribution < -0.4 is 5.32 Å². The lowest BCUT2D eigenvalue weighted by molar-refractivity contribution is -0.143. The summed E-state index contributed by atoms with van der Waals surface area (Å²) >= 11 is 0. The van der Waals surface area contributed by atoms with Gasteiger partial charge >= 0.3 is 18.3 Å². The molecule has 0 saturated heterocycles. The van der Waals surface area contributed by atoms with Gasteiger partial charge in [-0.2, -0.15) is 36.1 Å². The number of hydrogen-bond acceptors (Lipinski definition) is 5. The van der Waals surface area contributed by atoms with Crippen molar-refractivity contribution in [2.24, 2.45) is 0 Å². The maximum absolute atomic E-state index is 13.0. The molecule has 1 aromatic carbocycles. The van der Waals surface area contributed by atoms with E-state index in [-0.39, 0.29) is 23.3 Å². The van der Waals surface area contributed by atoms with E-state index in [0.29, 0.717) is 12.1 Å². The normalized spacial score (nSPS) is 12.9. The van der Waals surface area contributed by atoms with Gasteiger partial charge in [0.1, 0.15) is 6.33 Å². The predicted octanol–water partition coefficient (Wildman–Crippen LogP) is 3.89. The van der Waals surface area contributed by atoms with E-state index in [0.717, 1.165) is 17.2 Å². The molecule has 14 heteroatoms. The summed E-state index contributed by atoms with van der Waals surface area (Å²) in [6, 6.07) is 2.06. The molecule has 33 heavy (non-hydrogen) atoms. The average Bonchev–Trinajstić information content (AvgIpc) is 3.22. The van der Waals surface area contributed by atoms with Crippen LogP contribution in [0.25, 0.3) is 5.82 Å². The van der Waals surface area contributed by atoms with Crippen molar-refractivity contribution < 1.29 is 41.0 Å². The Kier molecular flexibility index (Phi) is 6.12. The Balaban J connectivity index is 1.89. The highest BCUT2D eigenvalue weighted by atomic mass is 19.4. The van der Waals surface area contributed by atoms with Gasteiger partial charge in [0, 0.05) is 11.8 Å². The van der Waals surface area contributed by atoms with Gasteiger partial charge in [0.15, 0.2) is 11.6 Å². The number of amides is 1. The van der Waals surface area contributed by atoms with Crippen LogP contribution in [0.4, 0.5) is 26.3 Å². The number of alkyl halides is 6. The first-order valence-electron chi connectivity index (χ1n) is 8.97. The Morgan fingerprint density at radius 2 is 1.58 bits per heavy atom. The zero-order chi connectivity index (χ0) is 24.6. The van der Waals surface area contributed by atoms with Crippen LogP contribution in [0.15, 0.2) is 42.9 Å². The molecule has 0 radical (unpaired) electrons. The van der Waals surface area contributed by atoms with Crippen LogP contribution in [0.2, 0.25) is 0 Å². The highest BCUT2D eigenvalue weighted by Gasteiger charge is 2.37. The second kappa shape index (κ2) is 8.52. The Labute approximate surface area is 180 Å². The quantitative estimate of drug-likeness (QED) is 0.545. The zero-order valence-corrected chi connectivity index (χ0v) is 16.4. The molecule has 2 N–H and O–H groups in total. The van der Waals surface area contributed by atoms with Gasteiger partial charge in [-0.1, -0.05) is 0 Å². The molecule has 2 heterocycles. The van der Waals surface area contributed by atoms with E-state index < -0.39 is 47.0 Å². The van der Waals surface area contributed by atoms with Crippen molar-refractivity contribution >= 4 is 11.9 Å². The number of rotatable bonds is 5. The third kappa shape index (κ3) is 5.27. The molecule has 0 bridgehead atoms. The Morgan fingerprint density at radius 1 is 0.970 bits per heavy atom. The first-order valence-corrected chi connectivity index (χ1v) is 8.97. The van der Waals surface area contributed by atoms with Crippen LogP contribution in [0.1, 0.15) is 50.6 Å². The molecular weight excluding hydrogens is 460 g/mol. The molecular formula is C19H13F6N5O3. The number of aromatic nitrogens is 4. The number of aromatic carboxylic acids is 1. The summed E-state index contributed by atoms with van der Waals surface area (Å²) in [5.74, 6) is -2.26. The third-order valence-electron chi connectivity index (χ3n) is 4.37. The van der Waals surface area contributed by atoms with Crippen LogP contribution in [-0.2, 0) is 12.4 Å². The van der Waals surface area contributed by atoms with Crippen LogP contribution >= 0.6 is 0 Å². The first-order chi connectivity index (χ1) is 15.3. The molecule has 0 fully saturated rings. The molecule has 0 saturated carbocycles. The molecule has 0 spiro atoms. The van der Waals surface area contributed by atoms with Gasteiger partial charge in [-0.05, 0) is 37.3 Å². The van der Waals surface area contributed by atoms with Crippen LogP contribution in [0.5, 0.6) is 0 Å². The van der Waals surface area contributed by atoms with Crippen LogP contribution in [0.3, 0.4) is 0 Å². The summed E-state index contributed by atoms with van der Waals surface area (Å²) in [4.78, 5) is 31.3. The maximum atomic E-state index is 13.0. The number of nitrogens with zero attached hydrogens (tertiary/aromatic N) is 4. The van der Waals surface area contributed by atoms with Gasteiger partial charge in [-0.15, -0.1) is 0 Å². The number of carboxylic acid groups (broad SMARTS) is 1. The number of hydrogen-bond donors (Lipinski definition) is 2. The van der Waals surface area contributed by atoms with E-state index in [1.165, 1.54) is 19.1 Å². The summed E-state index contributed by atoms with van der Waals surface area (Å²) in [7, 11) is 0. The molecule has 3 aromatic rings. The minimum Gasteiger partial charge on any atom is -0.478 e. The van der Waals surface area contributed by atoms with Gasteiger partial charge in [0.25, 0.3) is 5.91 Å². The minimum atomic E-state index is -5.10. The highest BCUT2D eigenvalue weighted by molar-refractivity contribution is 5.95. The fraction of sp³-hybridized carbons (Fsp3) is 0.211. The predicted molar refractivity (Wildman–Crippen MR) is 98.4 cm³/mol. The highest BCUT2D eigenvalue weighted by Crippen LogP contribution is 2.36. The van der Waals surface area contributed by atoms with E-state index in [9.17, 15) is 35.9 Å². The summed E-state index contributed by atoms with van der Waals surface area (Å²) < 4.78 is 79.4. The molecule has 0 aliphatic carbocycles. The SMILES string of the molecule is CC(NC(=O)c1cc(C(F)(F)F)cc(C(F)(F)F)c1)c1ncnn1-c1ccc(C(=O)O)cn1. The van der Waals surface area contributed by atoms with E-state index in [1.54, 1.807) is 0 Å². The number of carboxylic acids is 1. The van der Waals surface area contributed by atoms with Gasteiger partial charge in [0.2, 0.25) is 0 Å². The molecule has 2 aromatic heterocycles. The van der Waals surface area contributed by atoms with Gasteiger partial charge in [-0.3, -0.25) is 4.79 Å². The second-order valence-corrected chi connectivity index (χ2v) is 6.73. The lowest BCUT2D eigenvalue weighted by Crippen LogP contribution is -2.29. The van der Waals surface area contributed by atoms with Gasteiger partial charge in [0.05, 0.1) is 22.7 Å². The number of pyridine rings is 1. The number of carbonyl (C=O) groups excluding carboxylic acids is 1. The summed E-state index contributed by atoms with van der Waals surface area (Å²) in [6.45, 7) is 1.38. The zero-order valence-electron chi connectivity index (χ0n) is 16.4. The molecule has 0 aliphatic heterocycles. The van der Waals surface area contributed by atoms with Crippen molar-refractivity contribution in [3.63, 3.8) is 0 Å². The Hall–Kier alpha value is -3.97. The number of benzene rings is 1. The van der Waals surface area contributed by atoms with Gasteiger partial charge < -0.3 is 10.4 Å². The standard InChI is InChI=1S/C19H13F6N5O3/c1-9(15-27-8-28-30(15)14-3-2-10(7-26-14)17(32)33)29-16(31)11-4-12(18(20,21)22)6-13(5-11)19(23,24)25/h2-9H,1H3,(H,29,31)(H,32,33). The molecule has 3 rings (SSSR count). The number of halogens is 6. The summed E-state index contributed by atoms with van der Waals surface area (Å²) in [5, 5.41) is 15.1. The largest absolute Gasteiger partial charge is 0.478 e. The number of nitrogens with one attached hydrogen (secondary N) is 1. The first kappa shape index (κ1) is 23.7. The van der Waals surface area contributed by atoms with Crippen molar-refractivity contribution in [2.45, 2.75) is 25.3 Å². The van der Waals surface area contributed by atoms with Crippen molar-refractivity contribution in [1.29, 1.82) is 0 Å². The maximum Gasteiger partial charge on any atom is 0.416 e. The van der Waals surface area contributed by atoms with E-state index in [4.69, 9.17) is 5.11 Å². The Bertz CT molecular complexity index is 1160. The molecule has 1 atom stereocenters. The fourth-order valence-corrected chi connectivity index (χ4v) is 2.79. The molecule has 0 aliphatic rings. The summed E-state index contributed by atoms with van der Waals surface area (Å²) in [5.41, 5.74) is -4.20. The minimum absolute atomic E-state index is 0.0435. The topological polar surface area (TPSA) is 110 Å². The smallest absolute Gasteiger partial charge is 0.416 e. The lowest BCUT2D eigenvalue weighted by Gasteiger charge is -2.17. The molecule has 174 valence electrons. The van der Waals surface area contributed by atoms with Crippen molar-refractivity contribution in [3.05, 3.63) is 70.9 Å². The van der Waals surface area contributed by atoms with Crippen molar-refractivity contribution in [1.82, 2.24) is 25.1 Å². The average molecular weight is 473 g/mol. The molecule has 1 unspecified atom stereocenters. The van der Waals surface area contributed by atoms with E-state index in [2.05, 4.69) is 20.4 Å². The van der Waals surface area contributed by atoms with Crippen LogP contribution in [-0.4, -0.2) is 36.7 Å². The summed E-state index contributed by atoms with van der Waals surface area (Å²) in [6.07, 6.45) is -8.07. The second-order valence-electron chi connectivity index (χ2n) is 6.73. The molecule has 1 amide bonds. The number of carbonyl (C=O) groups is 2.